The molecule has 0 saturated heterocycles. The van der Waals surface area contributed by atoms with Crippen LogP contribution in [0.2, 0.25) is 0 Å². The molecule has 44 heavy (non-hydrogen) atoms. The van der Waals surface area contributed by atoms with Crippen LogP contribution >= 0.6 is 15.9 Å². The number of benzene rings is 1. The molecule has 1 aromatic rings. The molecule has 6 rings (SSSR count). The highest BCUT2D eigenvalue weighted by Gasteiger charge is 2.72. The number of halogens is 1. The van der Waals surface area contributed by atoms with E-state index in [9.17, 15) is 24.9 Å². The lowest BCUT2D eigenvalue weighted by molar-refractivity contribution is -0.238. The average molecular weight is 671 g/mol. The Kier molecular flexibility index (Phi) is 7.72. The van der Waals surface area contributed by atoms with Crippen LogP contribution in [0.1, 0.15) is 92.1 Å². The van der Waals surface area contributed by atoms with E-state index in [1.165, 1.54) is 0 Å². The zero-order valence-electron chi connectivity index (χ0n) is 27.5. The van der Waals surface area contributed by atoms with Crippen molar-refractivity contribution in [3.63, 3.8) is 0 Å². The predicted octanol–water partition coefficient (Wildman–Crippen LogP) is 6.84. The summed E-state index contributed by atoms with van der Waals surface area (Å²) < 4.78 is 0.981. The third kappa shape index (κ3) is 4.13. The number of amides is 1. The monoisotopic (exact) mass is 669 g/mol. The van der Waals surface area contributed by atoms with Gasteiger partial charge in [0.15, 0.2) is 5.78 Å². The number of ketones is 1. The number of aliphatic hydroxyl groups excluding tert-OH is 3. The molecule has 4 N–H and O–H groups in total. The number of nitrogens with one attached hydrogen (secondary N) is 1. The normalized spacial score (nSPS) is 48.3. The summed E-state index contributed by atoms with van der Waals surface area (Å²) in [5.41, 5.74) is 0.328. The van der Waals surface area contributed by atoms with Crippen molar-refractivity contribution in [2.24, 2.45) is 56.7 Å². The van der Waals surface area contributed by atoms with Gasteiger partial charge in [-0.3, -0.25) is 9.59 Å². The van der Waals surface area contributed by atoms with Crippen LogP contribution in [0.3, 0.4) is 0 Å². The van der Waals surface area contributed by atoms with Crippen molar-refractivity contribution in [1.29, 1.82) is 0 Å². The molecule has 0 aliphatic heterocycles. The van der Waals surface area contributed by atoms with Crippen molar-refractivity contribution in [2.75, 3.05) is 11.9 Å². The molecule has 0 radical (unpaired) electrons. The largest absolute Gasteiger partial charge is 0.396 e. The highest BCUT2D eigenvalue weighted by molar-refractivity contribution is 9.10. The fourth-order valence-corrected chi connectivity index (χ4v) is 12.4. The van der Waals surface area contributed by atoms with E-state index in [4.69, 9.17) is 0 Å². The molecular formula is C37H52BrNO5. The molecule has 0 heterocycles. The number of allylic oxidation sites excluding steroid dienone is 2. The van der Waals surface area contributed by atoms with Gasteiger partial charge < -0.3 is 20.6 Å². The Hall–Kier alpha value is -1.54. The highest BCUT2D eigenvalue weighted by Crippen LogP contribution is 2.75. The lowest BCUT2D eigenvalue weighted by Gasteiger charge is -2.71. The molecule has 6 nitrogen and oxygen atoms in total. The number of anilines is 1. The highest BCUT2D eigenvalue weighted by atomic mass is 79.9. The minimum Gasteiger partial charge on any atom is -0.396 e. The van der Waals surface area contributed by atoms with Crippen LogP contribution in [0.5, 0.6) is 0 Å². The Morgan fingerprint density at radius 3 is 2.41 bits per heavy atom. The molecule has 5 aliphatic rings. The molecule has 4 saturated carbocycles. The maximum atomic E-state index is 14.7. The van der Waals surface area contributed by atoms with E-state index in [2.05, 4.69) is 55.9 Å². The van der Waals surface area contributed by atoms with E-state index < -0.39 is 28.5 Å². The fourth-order valence-electron chi connectivity index (χ4n) is 11.9. The van der Waals surface area contributed by atoms with E-state index in [-0.39, 0.29) is 52.8 Å². The molecule has 12 atom stereocenters. The molecule has 1 aromatic carbocycles. The van der Waals surface area contributed by atoms with E-state index in [0.29, 0.717) is 12.3 Å². The summed E-state index contributed by atoms with van der Waals surface area (Å²) in [6, 6.07) is 5.95. The molecule has 7 heteroatoms. The molecule has 0 unspecified atom stereocenters. The lowest BCUT2D eigenvalue weighted by Crippen LogP contribution is -2.70. The van der Waals surface area contributed by atoms with Gasteiger partial charge in [0.1, 0.15) is 0 Å². The molecule has 242 valence electrons. The Morgan fingerprint density at radius 1 is 1.05 bits per heavy atom. The summed E-state index contributed by atoms with van der Waals surface area (Å²) in [6.07, 6.45) is 5.26. The van der Waals surface area contributed by atoms with Crippen molar-refractivity contribution < 1.29 is 24.9 Å². The Balaban J connectivity index is 1.45. The zero-order valence-corrected chi connectivity index (χ0v) is 29.1. The fraction of sp³-hybridized carbons (Fsp3) is 0.730. The minimum absolute atomic E-state index is 0.0329. The van der Waals surface area contributed by atoms with E-state index in [1.54, 1.807) is 0 Å². The van der Waals surface area contributed by atoms with Crippen LogP contribution in [0, 0.1) is 63.6 Å². The van der Waals surface area contributed by atoms with Gasteiger partial charge >= 0.3 is 0 Å². The van der Waals surface area contributed by atoms with Crippen LogP contribution in [-0.4, -0.2) is 45.8 Å². The van der Waals surface area contributed by atoms with Gasteiger partial charge in [-0.2, -0.15) is 0 Å². The number of fused-ring (bicyclic) bond motifs is 7. The van der Waals surface area contributed by atoms with Gasteiger partial charge in [0.2, 0.25) is 5.91 Å². The van der Waals surface area contributed by atoms with Crippen LogP contribution in [0.25, 0.3) is 0 Å². The number of rotatable bonds is 3. The third-order valence-corrected chi connectivity index (χ3v) is 15.2. The number of hydrogen-bond acceptors (Lipinski definition) is 5. The summed E-state index contributed by atoms with van der Waals surface area (Å²) in [6.45, 7) is 15.0. The Morgan fingerprint density at radius 2 is 1.75 bits per heavy atom. The van der Waals surface area contributed by atoms with Crippen molar-refractivity contribution in [2.45, 2.75) is 106 Å². The van der Waals surface area contributed by atoms with E-state index in [0.717, 1.165) is 59.8 Å². The maximum absolute atomic E-state index is 14.7. The summed E-state index contributed by atoms with van der Waals surface area (Å²) in [5, 5.41) is 36.1. The van der Waals surface area contributed by atoms with Gasteiger partial charge in [-0.1, -0.05) is 63.0 Å². The third-order valence-electron chi connectivity index (χ3n) is 14.7. The average Bonchev–Trinajstić information content (AvgIpc) is 2.95. The van der Waals surface area contributed by atoms with E-state index >= 15 is 0 Å². The second-order valence-corrected chi connectivity index (χ2v) is 17.5. The van der Waals surface area contributed by atoms with Crippen LogP contribution in [0.15, 0.2) is 34.3 Å². The number of hydrogen-bond donors (Lipinski definition) is 4. The maximum Gasteiger partial charge on any atom is 0.231 e. The van der Waals surface area contributed by atoms with Gasteiger partial charge in [-0.05, 0) is 122 Å². The van der Waals surface area contributed by atoms with Crippen molar-refractivity contribution in [3.05, 3.63) is 39.9 Å². The minimum atomic E-state index is -1.02. The first-order chi connectivity index (χ1) is 20.5. The second kappa shape index (κ2) is 10.5. The zero-order chi connectivity index (χ0) is 32.2. The summed E-state index contributed by atoms with van der Waals surface area (Å²) in [5.74, 6) is 0.404. The number of aliphatic hydroxyl groups is 3. The molecule has 4 fully saturated rings. The standard InChI is InChI=1S/C37H52BrNO5/c1-20-10-13-37(32(44)39-25-9-8-23(38)16-21(25)2)15-14-35(6)24(29(37)22(20)3)17-26(41)30-33(4)18-27(42)31(43)34(5,19-40)28(33)11-12-36(30,35)7/h8-9,16-17,20,22,27-31,40,42-43H,10-15,18-19H2,1-7H3,(H,39,44)/t20-,22+,27-,28-,29+,30-,31+,33+,34+,35-,36-,37+/m1/s1. The van der Waals surface area contributed by atoms with Gasteiger partial charge in [0.25, 0.3) is 0 Å². The Labute approximate surface area is 271 Å². The smallest absolute Gasteiger partial charge is 0.231 e. The Bertz CT molecular complexity index is 1410. The van der Waals surface area contributed by atoms with Gasteiger partial charge in [0.05, 0.1) is 24.2 Å². The van der Waals surface area contributed by atoms with Crippen molar-refractivity contribution in [1.82, 2.24) is 0 Å². The number of carbonyl (C=O) groups excluding carboxylic acids is 2. The predicted molar refractivity (Wildman–Crippen MR) is 176 cm³/mol. The van der Waals surface area contributed by atoms with Gasteiger partial charge in [-0.25, -0.2) is 0 Å². The van der Waals surface area contributed by atoms with Crippen molar-refractivity contribution >= 4 is 33.3 Å². The van der Waals surface area contributed by atoms with Gasteiger partial charge in [-0.15, -0.1) is 0 Å². The topological polar surface area (TPSA) is 107 Å². The summed E-state index contributed by atoms with van der Waals surface area (Å²) in [7, 11) is 0. The quantitative estimate of drug-likeness (QED) is 0.282. The van der Waals surface area contributed by atoms with Gasteiger partial charge in [0, 0.05) is 21.5 Å². The lowest BCUT2D eigenvalue weighted by atomic mass is 9.33. The van der Waals surface area contributed by atoms with Crippen LogP contribution in [-0.2, 0) is 9.59 Å². The van der Waals surface area contributed by atoms with E-state index in [1.807, 2.05) is 38.1 Å². The first-order valence-electron chi connectivity index (χ1n) is 16.8. The second-order valence-electron chi connectivity index (χ2n) is 16.6. The molecule has 1 amide bonds. The number of aryl methyl sites for hydroxylation is 1. The molecular weight excluding hydrogens is 618 g/mol. The first-order valence-corrected chi connectivity index (χ1v) is 17.6. The molecule has 0 aromatic heterocycles. The first kappa shape index (κ1) is 32.4. The van der Waals surface area contributed by atoms with Crippen LogP contribution in [0.4, 0.5) is 5.69 Å². The summed E-state index contributed by atoms with van der Waals surface area (Å²) in [4.78, 5) is 29.2. The summed E-state index contributed by atoms with van der Waals surface area (Å²) >= 11 is 3.54. The SMILES string of the molecule is Cc1cc(Br)ccc1NC(=O)[C@]12CC[C@@H](C)[C@H](C)[C@H]1C1=CC(=O)[C@@H]3[C@@]4(C)C[C@@H](O)[C@H](O)[C@@](C)(CO)[C@@H]4CC[C@@]3(C)[C@]1(C)CC2. The molecule has 0 spiro atoms. The van der Waals surface area contributed by atoms with Crippen LogP contribution < -0.4 is 5.32 Å². The molecule has 5 aliphatic carbocycles. The van der Waals surface area contributed by atoms with Crippen molar-refractivity contribution in [3.8, 4) is 0 Å². The number of carbonyl (C=O) groups is 2. The molecule has 0 bridgehead atoms.